The van der Waals surface area contributed by atoms with Crippen LogP contribution in [0.15, 0.2) is 23.6 Å². The van der Waals surface area contributed by atoms with Crippen molar-refractivity contribution in [3.63, 3.8) is 0 Å². The van der Waals surface area contributed by atoms with Crippen molar-refractivity contribution < 1.29 is 13.2 Å². The summed E-state index contributed by atoms with van der Waals surface area (Å²) in [5.41, 5.74) is 2.72. The van der Waals surface area contributed by atoms with Gasteiger partial charge in [-0.15, -0.1) is 11.3 Å². The third kappa shape index (κ3) is 4.67. The zero-order chi connectivity index (χ0) is 18.2. The van der Waals surface area contributed by atoms with Crippen LogP contribution in [0.1, 0.15) is 38.5 Å². The van der Waals surface area contributed by atoms with Gasteiger partial charge in [0.1, 0.15) is 4.88 Å². The lowest BCUT2D eigenvalue weighted by Gasteiger charge is -2.35. The molecule has 0 unspecified atom stereocenters. The van der Waals surface area contributed by atoms with Gasteiger partial charge in [0.15, 0.2) is 0 Å². The van der Waals surface area contributed by atoms with E-state index in [9.17, 15) is 13.2 Å². The quantitative estimate of drug-likeness (QED) is 0.770. The zero-order valence-electron chi connectivity index (χ0n) is 14.9. The fraction of sp³-hybridized carbons (Fsp3) is 0.579. The summed E-state index contributed by atoms with van der Waals surface area (Å²) in [5.74, 6) is 0.569. The average molecular weight is 370 g/mol. The van der Waals surface area contributed by atoms with Gasteiger partial charge >= 0.3 is 6.18 Å². The number of hydrogen-bond acceptors (Lipinski definition) is 3. The summed E-state index contributed by atoms with van der Waals surface area (Å²) in [6.07, 6.45) is -1.96. The van der Waals surface area contributed by atoms with E-state index in [0.717, 1.165) is 48.6 Å². The second kappa shape index (κ2) is 6.80. The van der Waals surface area contributed by atoms with Crippen LogP contribution in [0.4, 0.5) is 18.9 Å². The molecule has 0 aromatic rings. The van der Waals surface area contributed by atoms with Gasteiger partial charge in [-0.05, 0) is 74.2 Å². The fourth-order valence-electron chi connectivity index (χ4n) is 3.30. The summed E-state index contributed by atoms with van der Waals surface area (Å²) in [4.78, 5) is 1.78. The van der Waals surface area contributed by atoms with E-state index in [4.69, 9.17) is 0 Å². The van der Waals surface area contributed by atoms with Gasteiger partial charge in [-0.1, -0.05) is 0 Å². The molecular weight excluding hydrogens is 345 g/mol. The summed E-state index contributed by atoms with van der Waals surface area (Å²) >= 11 is 0.767. The molecule has 25 heavy (non-hydrogen) atoms. The highest BCUT2D eigenvalue weighted by Gasteiger charge is 2.32. The molecule has 138 valence electrons. The van der Waals surface area contributed by atoms with E-state index >= 15 is 0 Å². The van der Waals surface area contributed by atoms with Crippen LogP contribution in [-0.4, -0.2) is 25.2 Å². The minimum Gasteiger partial charge on any atom is -0.371 e. The minimum atomic E-state index is -4.27. The van der Waals surface area contributed by atoms with Gasteiger partial charge in [0, 0.05) is 30.9 Å². The predicted octanol–water partition coefficient (Wildman–Crippen LogP) is 5.48. The minimum absolute atomic E-state index is 0.104. The summed E-state index contributed by atoms with van der Waals surface area (Å²) in [6.45, 7) is 9.39. The maximum Gasteiger partial charge on any atom is 0.425 e. The number of halogens is 3. The standard InChI is InChI=1S/C19H25F3N2S/c1-18(2,3)23-10-13-5-4-6-24(11-13)16-7-14-9-17(19(20,21)22)25-12-15(14)8-16/h7-9,12-13,23H,4-6,10-11H2,1-3H3/t13-/m1/s1. The summed E-state index contributed by atoms with van der Waals surface area (Å²) < 4.78 is 38.7. The smallest absolute Gasteiger partial charge is 0.371 e. The first-order chi connectivity index (χ1) is 11.6. The highest BCUT2D eigenvalue weighted by Crippen LogP contribution is 2.40. The predicted molar refractivity (Wildman–Crippen MR) is 98.6 cm³/mol. The van der Waals surface area contributed by atoms with E-state index in [2.05, 4.69) is 31.0 Å². The van der Waals surface area contributed by atoms with E-state index in [0.29, 0.717) is 11.5 Å². The maximum absolute atomic E-state index is 12.9. The Labute approximate surface area is 151 Å². The molecule has 0 amide bonds. The van der Waals surface area contributed by atoms with Crippen LogP contribution in [0.3, 0.4) is 0 Å². The molecule has 2 aliphatic heterocycles. The molecule has 1 atom stereocenters. The molecule has 0 saturated carbocycles. The van der Waals surface area contributed by atoms with Gasteiger partial charge in [-0.25, -0.2) is 0 Å². The molecule has 2 heterocycles. The Morgan fingerprint density at radius 3 is 2.56 bits per heavy atom. The second-order valence-corrected chi connectivity index (χ2v) is 8.86. The molecule has 0 aromatic carbocycles. The Bertz CT molecular complexity index is 687. The molecule has 2 nitrogen and oxygen atoms in total. The fourth-order valence-corrected chi connectivity index (χ4v) is 4.09. The first-order valence-corrected chi connectivity index (χ1v) is 9.59. The van der Waals surface area contributed by atoms with E-state index < -0.39 is 11.1 Å². The largest absolute Gasteiger partial charge is 0.425 e. The molecule has 0 bridgehead atoms. The van der Waals surface area contributed by atoms with Gasteiger partial charge in [-0.3, -0.25) is 0 Å². The lowest BCUT2D eigenvalue weighted by molar-refractivity contribution is -0.134. The van der Waals surface area contributed by atoms with Crippen LogP contribution in [0.5, 0.6) is 0 Å². The molecule has 0 spiro atoms. The molecule has 1 N–H and O–H groups in total. The number of anilines is 1. The van der Waals surface area contributed by atoms with E-state index in [-0.39, 0.29) is 5.54 Å². The molecule has 3 rings (SSSR count). The first kappa shape index (κ1) is 18.5. The normalized spacial score (nSPS) is 19.6. The van der Waals surface area contributed by atoms with Gasteiger partial charge in [0.2, 0.25) is 0 Å². The SMILES string of the molecule is CC(C)(C)NC[C@H]1CCCN(c2cc3csc(C(F)(F)F)cc-3c2)C1. The van der Waals surface area contributed by atoms with Crippen LogP contribution in [-0.2, 0) is 6.18 Å². The number of nitrogens with one attached hydrogen (secondary N) is 1. The van der Waals surface area contributed by atoms with Crippen molar-refractivity contribution >= 4 is 17.0 Å². The van der Waals surface area contributed by atoms with Crippen LogP contribution in [0, 0.1) is 5.92 Å². The van der Waals surface area contributed by atoms with Crippen molar-refractivity contribution in [2.45, 2.75) is 45.3 Å². The van der Waals surface area contributed by atoms with Gasteiger partial charge in [0.25, 0.3) is 0 Å². The van der Waals surface area contributed by atoms with E-state index in [1.165, 1.54) is 12.5 Å². The van der Waals surface area contributed by atoms with Crippen molar-refractivity contribution in [3.05, 3.63) is 28.5 Å². The van der Waals surface area contributed by atoms with Crippen molar-refractivity contribution in [2.24, 2.45) is 5.92 Å². The number of nitrogens with zero attached hydrogens (tertiary/aromatic N) is 1. The third-order valence-corrected chi connectivity index (χ3v) is 5.60. The zero-order valence-corrected chi connectivity index (χ0v) is 15.7. The Kier molecular flexibility index (Phi) is 5.04. The number of hydrogen-bond donors (Lipinski definition) is 1. The van der Waals surface area contributed by atoms with Crippen LogP contribution < -0.4 is 10.2 Å². The number of fused-ring (bicyclic) bond motifs is 1. The topological polar surface area (TPSA) is 15.3 Å². The Balaban J connectivity index is 1.74. The highest BCUT2D eigenvalue weighted by molar-refractivity contribution is 7.10. The van der Waals surface area contributed by atoms with Gasteiger partial charge in [0.05, 0.1) is 0 Å². The van der Waals surface area contributed by atoms with E-state index in [1.807, 2.05) is 12.1 Å². The Hall–Kier alpha value is -1.27. The van der Waals surface area contributed by atoms with Crippen LogP contribution in [0.2, 0.25) is 0 Å². The van der Waals surface area contributed by atoms with Crippen LogP contribution in [0.25, 0.3) is 11.1 Å². The second-order valence-electron chi connectivity index (χ2n) is 7.95. The number of rotatable bonds is 3. The Morgan fingerprint density at radius 2 is 1.88 bits per heavy atom. The molecule has 0 aromatic heterocycles. The highest BCUT2D eigenvalue weighted by atomic mass is 32.1. The maximum atomic E-state index is 12.9. The number of piperidine rings is 1. The van der Waals surface area contributed by atoms with Crippen molar-refractivity contribution in [2.75, 3.05) is 24.5 Å². The van der Waals surface area contributed by atoms with Crippen molar-refractivity contribution in [1.29, 1.82) is 0 Å². The van der Waals surface area contributed by atoms with Crippen molar-refractivity contribution in [1.82, 2.24) is 5.32 Å². The molecule has 1 fully saturated rings. The Morgan fingerprint density at radius 1 is 1.16 bits per heavy atom. The monoisotopic (exact) mass is 370 g/mol. The molecule has 6 heteroatoms. The van der Waals surface area contributed by atoms with Gasteiger partial charge in [-0.2, -0.15) is 13.2 Å². The van der Waals surface area contributed by atoms with Crippen LogP contribution >= 0.6 is 11.3 Å². The summed E-state index contributed by atoms with van der Waals surface area (Å²) in [6, 6.07) is 5.19. The van der Waals surface area contributed by atoms with Crippen molar-refractivity contribution in [3.8, 4) is 11.1 Å². The molecule has 3 aliphatic rings. The average Bonchev–Trinajstić information content (AvgIpc) is 2.95. The lowest BCUT2D eigenvalue weighted by Crippen LogP contribution is -2.44. The lowest BCUT2D eigenvalue weighted by atomic mass is 9.96. The summed E-state index contributed by atoms with van der Waals surface area (Å²) in [7, 11) is 0. The molecule has 0 radical (unpaired) electrons. The molecule has 1 aliphatic carbocycles. The number of alkyl halides is 3. The summed E-state index contributed by atoms with van der Waals surface area (Å²) in [5, 5.41) is 5.18. The van der Waals surface area contributed by atoms with E-state index in [1.54, 1.807) is 5.38 Å². The molecule has 1 saturated heterocycles. The third-order valence-electron chi connectivity index (χ3n) is 4.62. The van der Waals surface area contributed by atoms with Gasteiger partial charge < -0.3 is 10.2 Å². The first-order valence-electron chi connectivity index (χ1n) is 8.71. The molecular formula is C19H25F3N2S.